The van der Waals surface area contributed by atoms with Crippen LogP contribution >= 0.6 is 0 Å². The average molecular weight is 187 g/mol. The zero-order chi connectivity index (χ0) is 9.84. The van der Waals surface area contributed by atoms with Gasteiger partial charge in [-0.2, -0.15) is 0 Å². The van der Waals surface area contributed by atoms with Crippen molar-refractivity contribution in [1.82, 2.24) is 4.90 Å². The molecule has 4 heteroatoms. The van der Waals surface area contributed by atoms with E-state index in [1.807, 2.05) is 7.05 Å². The van der Waals surface area contributed by atoms with Crippen molar-refractivity contribution in [1.29, 1.82) is 0 Å². The fraction of sp³-hybridized carbons (Fsp3) is 0.889. The monoisotopic (exact) mass is 187 g/mol. The highest BCUT2D eigenvalue weighted by Gasteiger charge is 2.27. The number of aliphatic hydroxyl groups excluding tert-OH is 1. The lowest BCUT2D eigenvalue weighted by molar-refractivity contribution is -0.140. The van der Waals surface area contributed by atoms with Gasteiger partial charge in [-0.15, -0.1) is 0 Å². The van der Waals surface area contributed by atoms with Gasteiger partial charge in [-0.05, 0) is 26.4 Å². The predicted octanol–water partition coefficient (Wildman–Crippen LogP) is 0.306. The van der Waals surface area contributed by atoms with Crippen LogP contribution in [-0.4, -0.2) is 46.8 Å². The SMILES string of the molecule is CN1CCCCC1C(O)CC(=O)O. The van der Waals surface area contributed by atoms with E-state index in [0.29, 0.717) is 0 Å². The molecule has 2 atom stereocenters. The van der Waals surface area contributed by atoms with E-state index in [9.17, 15) is 9.90 Å². The van der Waals surface area contributed by atoms with Crippen LogP contribution < -0.4 is 0 Å². The number of aliphatic carboxylic acids is 1. The van der Waals surface area contributed by atoms with Gasteiger partial charge in [0.05, 0.1) is 12.5 Å². The molecule has 1 saturated heterocycles. The van der Waals surface area contributed by atoms with Crippen molar-refractivity contribution in [3.63, 3.8) is 0 Å². The molecule has 0 spiro atoms. The van der Waals surface area contributed by atoms with Gasteiger partial charge >= 0.3 is 5.97 Å². The summed E-state index contributed by atoms with van der Waals surface area (Å²) in [6.45, 7) is 0.960. The highest BCUT2D eigenvalue weighted by molar-refractivity contribution is 5.67. The Bertz CT molecular complexity index is 184. The standard InChI is InChI=1S/C9H17NO3/c1-10-5-3-2-4-7(10)8(11)6-9(12)13/h7-8,11H,2-6H2,1H3,(H,12,13). The van der Waals surface area contributed by atoms with Crippen LogP contribution in [-0.2, 0) is 4.79 Å². The van der Waals surface area contributed by atoms with Crippen LogP contribution in [0.4, 0.5) is 0 Å². The first-order chi connectivity index (χ1) is 6.11. The van der Waals surface area contributed by atoms with Crippen molar-refractivity contribution in [2.45, 2.75) is 37.8 Å². The highest BCUT2D eigenvalue weighted by Crippen LogP contribution is 2.19. The topological polar surface area (TPSA) is 60.8 Å². The summed E-state index contributed by atoms with van der Waals surface area (Å²) in [7, 11) is 1.94. The number of rotatable bonds is 3. The summed E-state index contributed by atoms with van der Waals surface area (Å²) in [5, 5.41) is 18.1. The van der Waals surface area contributed by atoms with E-state index in [0.717, 1.165) is 25.8 Å². The number of hydrogen-bond acceptors (Lipinski definition) is 3. The van der Waals surface area contributed by atoms with Crippen LogP contribution in [0.5, 0.6) is 0 Å². The maximum Gasteiger partial charge on any atom is 0.306 e. The molecule has 1 heterocycles. The summed E-state index contributed by atoms with van der Waals surface area (Å²) >= 11 is 0. The molecular formula is C9H17NO3. The fourth-order valence-corrected chi connectivity index (χ4v) is 1.90. The van der Waals surface area contributed by atoms with Gasteiger partial charge in [-0.25, -0.2) is 0 Å². The number of aliphatic hydroxyl groups is 1. The van der Waals surface area contributed by atoms with Gasteiger partial charge in [0.15, 0.2) is 0 Å². The minimum Gasteiger partial charge on any atom is -0.481 e. The van der Waals surface area contributed by atoms with E-state index in [2.05, 4.69) is 4.90 Å². The number of piperidine rings is 1. The molecule has 0 bridgehead atoms. The van der Waals surface area contributed by atoms with Crippen LogP contribution in [0.1, 0.15) is 25.7 Å². The Hall–Kier alpha value is -0.610. The Morgan fingerprint density at radius 1 is 1.62 bits per heavy atom. The van der Waals surface area contributed by atoms with Crippen LogP contribution in [0.25, 0.3) is 0 Å². The molecule has 1 rings (SSSR count). The second-order valence-electron chi connectivity index (χ2n) is 3.71. The van der Waals surface area contributed by atoms with Crippen LogP contribution in [0.2, 0.25) is 0 Å². The molecule has 4 nitrogen and oxygen atoms in total. The van der Waals surface area contributed by atoms with Crippen LogP contribution in [0.3, 0.4) is 0 Å². The van der Waals surface area contributed by atoms with Crippen LogP contribution in [0.15, 0.2) is 0 Å². The third-order valence-electron chi connectivity index (χ3n) is 2.65. The van der Waals surface area contributed by atoms with Gasteiger partial charge in [0.1, 0.15) is 0 Å². The van der Waals surface area contributed by atoms with Crippen molar-refractivity contribution in [3.8, 4) is 0 Å². The van der Waals surface area contributed by atoms with Crippen molar-refractivity contribution in [2.24, 2.45) is 0 Å². The van der Waals surface area contributed by atoms with Crippen LogP contribution in [0, 0.1) is 0 Å². The first kappa shape index (κ1) is 10.5. The molecule has 2 N–H and O–H groups in total. The molecule has 0 amide bonds. The molecule has 0 saturated carbocycles. The number of likely N-dealkylation sites (N-methyl/N-ethyl adjacent to an activating group) is 1. The summed E-state index contributed by atoms with van der Waals surface area (Å²) < 4.78 is 0. The van der Waals surface area contributed by atoms with Gasteiger partial charge in [0.25, 0.3) is 0 Å². The van der Waals surface area contributed by atoms with Crippen molar-refractivity contribution >= 4 is 5.97 Å². The van der Waals surface area contributed by atoms with E-state index in [1.165, 1.54) is 0 Å². The summed E-state index contributed by atoms with van der Waals surface area (Å²) in [4.78, 5) is 12.4. The lowest BCUT2D eigenvalue weighted by Gasteiger charge is -2.35. The number of likely N-dealkylation sites (tertiary alicyclic amines) is 1. The molecule has 0 aromatic heterocycles. The molecule has 0 radical (unpaired) electrons. The van der Waals surface area contributed by atoms with Gasteiger partial charge in [-0.3, -0.25) is 4.79 Å². The predicted molar refractivity (Wildman–Crippen MR) is 48.5 cm³/mol. The van der Waals surface area contributed by atoms with Gasteiger partial charge in [0, 0.05) is 6.04 Å². The van der Waals surface area contributed by atoms with E-state index in [-0.39, 0.29) is 12.5 Å². The summed E-state index contributed by atoms with van der Waals surface area (Å²) in [6.07, 6.45) is 2.28. The van der Waals surface area contributed by atoms with Crippen molar-refractivity contribution in [3.05, 3.63) is 0 Å². The molecule has 2 unspecified atom stereocenters. The Morgan fingerprint density at radius 3 is 2.85 bits per heavy atom. The second kappa shape index (κ2) is 4.58. The van der Waals surface area contributed by atoms with Crippen molar-refractivity contribution < 1.29 is 15.0 Å². The minimum atomic E-state index is -0.925. The molecule has 13 heavy (non-hydrogen) atoms. The molecule has 0 aromatic rings. The van der Waals surface area contributed by atoms with Gasteiger partial charge in [-0.1, -0.05) is 6.42 Å². The molecule has 76 valence electrons. The average Bonchev–Trinajstić information content (AvgIpc) is 2.03. The molecular weight excluding hydrogens is 170 g/mol. The Kier molecular flexibility index (Phi) is 3.69. The van der Waals surface area contributed by atoms with E-state index in [4.69, 9.17) is 5.11 Å². The first-order valence-corrected chi connectivity index (χ1v) is 4.71. The third-order valence-corrected chi connectivity index (χ3v) is 2.65. The molecule has 1 aliphatic rings. The zero-order valence-electron chi connectivity index (χ0n) is 7.94. The zero-order valence-corrected chi connectivity index (χ0v) is 7.94. The molecule has 1 fully saturated rings. The fourth-order valence-electron chi connectivity index (χ4n) is 1.90. The minimum absolute atomic E-state index is 0.0323. The van der Waals surface area contributed by atoms with E-state index >= 15 is 0 Å². The van der Waals surface area contributed by atoms with E-state index < -0.39 is 12.1 Å². The number of nitrogens with zero attached hydrogens (tertiary/aromatic N) is 1. The van der Waals surface area contributed by atoms with E-state index in [1.54, 1.807) is 0 Å². The maximum absolute atomic E-state index is 10.4. The first-order valence-electron chi connectivity index (χ1n) is 4.71. The lowest BCUT2D eigenvalue weighted by Crippen LogP contribution is -2.45. The number of hydrogen-bond donors (Lipinski definition) is 2. The third kappa shape index (κ3) is 2.97. The summed E-state index contributed by atoms with van der Waals surface area (Å²) in [5.41, 5.74) is 0. The number of carboxylic acid groups (broad SMARTS) is 1. The summed E-state index contributed by atoms with van der Waals surface area (Å²) in [6, 6.07) is 0.0323. The Labute approximate surface area is 78.2 Å². The normalized spacial score (nSPS) is 27.1. The smallest absolute Gasteiger partial charge is 0.306 e. The van der Waals surface area contributed by atoms with Gasteiger partial charge in [0.2, 0.25) is 0 Å². The van der Waals surface area contributed by atoms with Gasteiger partial charge < -0.3 is 15.1 Å². The molecule has 0 aromatic carbocycles. The maximum atomic E-state index is 10.4. The Balaban J connectivity index is 2.43. The Morgan fingerprint density at radius 2 is 2.31 bits per heavy atom. The largest absolute Gasteiger partial charge is 0.481 e. The quantitative estimate of drug-likeness (QED) is 0.667. The second-order valence-corrected chi connectivity index (χ2v) is 3.71. The highest BCUT2D eigenvalue weighted by atomic mass is 16.4. The number of carbonyl (C=O) groups is 1. The van der Waals surface area contributed by atoms with Crippen molar-refractivity contribution in [2.75, 3.05) is 13.6 Å². The summed E-state index contributed by atoms with van der Waals surface area (Å²) in [5.74, 6) is -0.925. The number of carboxylic acids is 1. The molecule has 0 aliphatic carbocycles. The molecule has 1 aliphatic heterocycles. The lowest BCUT2D eigenvalue weighted by atomic mass is 9.96.